The minimum atomic E-state index is -0.00699. The molecule has 4 nitrogen and oxygen atoms in total. The second-order valence-electron chi connectivity index (χ2n) is 5.00. The third kappa shape index (κ3) is 1.63. The van der Waals surface area contributed by atoms with E-state index in [0.29, 0.717) is 12.1 Å². The summed E-state index contributed by atoms with van der Waals surface area (Å²) in [6.07, 6.45) is 6.01. The zero-order valence-corrected chi connectivity index (χ0v) is 9.44. The lowest BCUT2D eigenvalue weighted by Crippen LogP contribution is -2.48. The van der Waals surface area contributed by atoms with E-state index in [-0.39, 0.29) is 6.03 Å². The Labute approximate surface area is 95.0 Å². The number of nitrogens with one attached hydrogen (secondary N) is 2. The number of rotatable bonds is 1. The molecule has 4 heteroatoms. The number of hydrogen-bond acceptors (Lipinski definition) is 2. The summed E-state index contributed by atoms with van der Waals surface area (Å²) in [5.74, 6) is 0.765. The number of amides is 1. The van der Waals surface area contributed by atoms with Gasteiger partial charge in [-0.2, -0.15) is 0 Å². The Morgan fingerprint density at radius 3 is 3.00 bits per heavy atom. The van der Waals surface area contributed by atoms with Crippen molar-refractivity contribution in [3.63, 3.8) is 0 Å². The zero-order valence-electron chi connectivity index (χ0n) is 9.44. The van der Waals surface area contributed by atoms with Crippen LogP contribution in [0.1, 0.15) is 18.4 Å². The zero-order chi connectivity index (χ0) is 11.1. The highest BCUT2D eigenvalue weighted by atomic mass is 16.2. The van der Waals surface area contributed by atoms with Crippen molar-refractivity contribution in [3.8, 4) is 0 Å². The lowest BCUT2D eigenvalue weighted by molar-refractivity contribution is 0.234. The maximum Gasteiger partial charge on any atom is 0.325 e. The number of aryl methyl sites for hydroxylation is 1. The van der Waals surface area contributed by atoms with Crippen LogP contribution < -0.4 is 10.6 Å². The van der Waals surface area contributed by atoms with Crippen LogP contribution in [-0.2, 0) is 0 Å². The molecule has 3 rings (SSSR count). The fraction of sp³-hybridized carbons (Fsp3) is 0.583. The van der Waals surface area contributed by atoms with Crippen LogP contribution in [0.15, 0.2) is 18.5 Å². The molecule has 1 aliphatic heterocycles. The molecule has 2 aliphatic rings. The van der Waals surface area contributed by atoms with E-state index in [9.17, 15) is 4.79 Å². The van der Waals surface area contributed by atoms with Gasteiger partial charge in [0.2, 0.25) is 0 Å². The van der Waals surface area contributed by atoms with Gasteiger partial charge in [0, 0.05) is 24.5 Å². The molecule has 0 spiro atoms. The Bertz CT molecular complexity index is 412. The highest BCUT2D eigenvalue weighted by Crippen LogP contribution is 2.31. The number of carbonyl (C=O) groups excluding carboxylic acids is 1. The highest BCUT2D eigenvalue weighted by Gasteiger charge is 2.40. The average molecular weight is 219 g/mol. The predicted octanol–water partition coefficient (Wildman–Crippen LogP) is 1.10. The number of nitrogens with zero attached hydrogens (tertiary/aromatic N) is 1. The Morgan fingerprint density at radius 2 is 2.44 bits per heavy atom. The van der Waals surface area contributed by atoms with Crippen molar-refractivity contribution in [2.45, 2.75) is 31.8 Å². The molecule has 16 heavy (non-hydrogen) atoms. The lowest BCUT2D eigenvalue weighted by atomic mass is 10.1. The van der Waals surface area contributed by atoms with Crippen molar-refractivity contribution >= 4 is 6.03 Å². The minimum Gasteiger partial charge on any atom is -0.333 e. The van der Waals surface area contributed by atoms with Crippen LogP contribution >= 0.6 is 0 Å². The van der Waals surface area contributed by atoms with Gasteiger partial charge in [0.25, 0.3) is 0 Å². The highest BCUT2D eigenvalue weighted by molar-refractivity contribution is 5.77. The van der Waals surface area contributed by atoms with Gasteiger partial charge in [-0.05, 0) is 43.9 Å². The van der Waals surface area contributed by atoms with Crippen molar-refractivity contribution in [1.29, 1.82) is 0 Å². The van der Waals surface area contributed by atoms with Crippen molar-refractivity contribution in [1.82, 2.24) is 15.2 Å². The number of aromatic nitrogens is 1. The SMILES string of the molecule is Cc1ccn(C(=O)NC2CC3CNC2C3)c1. The van der Waals surface area contributed by atoms with Gasteiger partial charge in [0.05, 0.1) is 0 Å². The molecule has 2 N–H and O–H groups in total. The summed E-state index contributed by atoms with van der Waals surface area (Å²) in [6.45, 7) is 3.11. The van der Waals surface area contributed by atoms with E-state index in [0.717, 1.165) is 24.4 Å². The van der Waals surface area contributed by atoms with Crippen LogP contribution in [0.25, 0.3) is 0 Å². The number of piperidine rings is 1. The van der Waals surface area contributed by atoms with E-state index in [1.165, 1.54) is 6.42 Å². The molecule has 3 unspecified atom stereocenters. The summed E-state index contributed by atoms with van der Waals surface area (Å²) in [7, 11) is 0. The van der Waals surface area contributed by atoms with Gasteiger partial charge in [0.1, 0.15) is 0 Å². The van der Waals surface area contributed by atoms with E-state index in [2.05, 4.69) is 10.6 Å². The van der Waals surface area contributed by atoms with Crippen molar-refractivity contribution in [2.75, 3.05) is 6.54 Å². The lowest BCUT2D eigenvalue weighted by Gasteiger charge is -2.23. The molecule has 1 amide bonds. The molecule has 1 aliphatic carbocycles. The smallest absolute Gasteiger partial charge is 0.325 e. The van der Waals surface area contributed by atoms with Gasteiger partial charge in [-0.3, -0.25) is 4.57 Å². The first kappa shape index (κ1) is 9.90. The van der Waals surface area contributed by atoms with Crippen LogP contribution in [0.2, 0.25) is 0 Å². The Balaban J connectivity index is 1.65. The average Bonchev–Trinajstić information content (AvgIpc) is 2.92. The molecule has 0 radical (unpaired) electrons. The summed E-state index contributed by atoms with van der Waals surface area (Å²) in [4.78, 5) is 11.9. The summed E-state index contributed by atoms with van der Waals surface area (Å²) >= 11 is 0. The normalized spacial score (nSPS) is 31.9. The monoisotopic (exact) mass is 219 g/mol. The Kier molecular flexibility index (Phi) is 2.24. The molecule has 3 atom stereocenters. The summed E-state index contributed by atoms with van der Waals surface area (Å²) in [5, 5.41) is 6.55. The Hall–Kier alpha value is -1.29. The second-order valence-corrected chi connectivity index (χ2v) is 5.00. The number of hydrogen-bond donors (Lipinski definition) is 2. The van der Waals surface area contributed by atoms with E-state index in [1.807, 2.05) is 25.4 Å². The molecular formula is C12H17N3O. The topological polar surface area (TPSA) is 46.1 Å². The number of fused-ring (bicyclic) bond motifs is 2. The maximum absolute atomic E-state index is 11.9. The fourth-order valence-electron chi connectivity index (χ4n) is 2.88. The summed E-state index contributed by atoms with van der Waals surface area (Å²) < 4.78 is 1.63. The summed E-state index contributed by atoms with van der Waals surface area (Å²) in [5.41, 5.74) is 1.11. The quantitative estimate of drug-likeness (QED) is 0.743. The standard InChI is InChI=1S/C12H17N3O/c1-8-2-3-15(7-8)12(16)14-11-5-9-4-10(11)13-6-9/h2-3,7,9-11,13H,4-6H2,1H3,(H,14,16). The molecule has 1 aromatic rings. The van der Waals surface area contributed by atoms with Gasteiger partial charge < -0.3 is 10.6 Å². The Morgan fingerprint density at radius 1 is 1.56 bits per heavy atom. The van der Waals surface area contributed by atoms with Gasteiger partial charge >= 0.3 is 6.03 Å². The molecular weight excluding hydrogens is 202 g/mol. The third-order valence-corrected chi connectivity index (χ3v) is 3.71. The van der Waals surface area contributed by atoms with Crippen molar-refractivity contribution < 1.29 is 4.79 Å². The minimum absolute atomic E-state index is 0.00699. The first-order valence-electron chi connectivity index (χ1n) is 5.91. The summed E-state index contributed by atoms with van der Waals surface area (Å²) in [6, 6.07) is 2.74. The van der Waals surface area contributed by atoms with Gasteiger partial charge in [-0.25, -0.2) is 4.79 Å². The van der Waals surface area contributed by atoms with Crippen LogP contribution in [-0.4, -0.2) is 29.2 Å². The largest absolute Gasteiger partial charge is 0.333 e. The van der Waals surface area contributed by atoms with E-state index < -0.39 is 0 Å². The maximum atomic E-state index is 11.9. The van der Waals surface area contributed by atoms with Gasteiger partial charge in [-0.15, -0.1) is 0 Å². The molecule has 86 valence electrons. The van der Waals surface area contributed by atoms with Crippen molar-refractivity contribution in [3.05, 3.63) is 24.0 Å². The molecule has 1 saturated carbocycles. The predicted molar refractivity (Wildman–Crippen MR) is 61.4 cm³/mol. The van der Waals surface area contributed by atoms with Crippen LogP contribution in [0.4, 0.5) is 4.79 Å². The number of carbonyl (C=O) groups is 1. The second kappa shape index (κ2) is 3.63. The third-order valence-electron chi connectivity index (χ3n) is 3.71. The van der Waals surface area contributed by atoms with Crippen LogP contribution in [0, 0.1) is 12.8 Å². The van der Waals surface area contributed by atoms with Crippen molar-refractivity contribution in [2.24, 2.45) is 5.92 Å². The van der Waals surface area contributed by atoms with E-state index >= 15 is 0 Å². The van der Waals surface area contributed by atoms with E-state index in [1.54, 1.807) is 4.57 Å². The molecule has 2 fully saturated rings. The molecule has 2 bridgehead atoms. The molecule has 1 saturated heterocycles. The fourth-order valence-corrected chi connectivity index (χ4v) is 2.88. The molecule has 2 heterocycles. The van der Waals surface area contributed by atoms with Gasteiger partial charge in [0.15, 0.2) is 0 Å². The molecule has 1 aromatic heterocycles. The first-order chi connectivity index (χ1) is 7.72. The molecule has 0 aromatic carbocycles. The van der Waals surface area contributed by atoms with E-state index in [4.69, 9.17) is 0 Å². The van der Waals surface area contributed by atoms with Crippen LogP contribution in [0.3, 0.4) is 0 Å². The first-order valence-corrected chi connectivity index (χ1v) is 5.91. The van der Waals surface area contributed by atoms with Gasteiger partial charge in [-0.1, -0.05) is 0 Å². The van der Waals surface area contributed by atoms with Crippen LogP contribution in [0.5, 0.6) is 0 Å².